The van der Waals surface area contributed by atoms with Crippen LogP contribution in [0.4, 0.5) is 9.52 Å². The van der Waals surface area contributed by atoms with Crippen LogP contribution < -0.4 is 5.32 Å². The van der Waals surface area contributed by atoms with Gasteiger partial charge in [-0.15, -0.1) is 11.3 Å². The Kier molecular flexibility index (Phi) is 4.38. The van der Waals surface area contributed by atoms with E-state index >= 15 is 0 Å². The van der Waals surface area contributed by atoms with Gasteiger partial charge in [0.2, 0.25) is 11.8 Å². The van der Waals surface area contributed by atoms with E-state index in [4.69, 9.17) is 0 Å². The molecule has 1 fully saturated rings. The van der Waals surface area contributed by atoms with Crippen LogP contribution in [0.15, 0.2) is 35.8 Å². The smallest absolute Gasteiger partial charge is 0.231 e. The summed E-state index contributed by atoms with van der Waals surface area (Å²) in [4.78, 5) is 30.1. The van der Waals surface area contributed by atoms with Crippen molar-refractivity contribution in [3.63, 3.8) is 0 Å². The number of likely N-dealkylation sites (tertiary alicyclic amines) is 1. The van der Waals surface area contributed by atoms with Gasteiger partial charge in [-0.1, -0.05) is 18.2 Å². The maximum Gasteiger partial charge on any atom is 0.231 e. The fourth-order valence-electron chi connectivity index (χ4n) is 2.94. The molecule has 7 heteroatoms. The summed E-state index contributed by atoms with van der Waals surface area (Å²) >= 11 is 1.32. The van der Waals surface area contributed by atoms with Crippen LogP contribution in [-0.4, -0.2) is 28.7 Å². The first kappa shape index (κ1) is 15.6. The van der Waals surface area contributed by atoms with E-state index in [9.17, 15) is 14.0 Å². The number of aromatic nitrogens is 1. The molecule has 5 nitrogen and oxygen atoms in total. The summed E-state index contributed by atoms with van der Waals surface area (Å²) < 4.78 is 14.2. The van der Waals surface area contributed by atoms with Crippen LogP contribution in [-0.2, 0) is 9.59 Å². The molecule has 2 amide bonds. The third-order valence-corrected chi connectivity index (χ3v) is 4.77. The molecule has 0 saturated carbocycles. The summed E-state index contributed by atoms with van der Waals surface area (Å²) in [5, 5.41) is 5.02. The van der Waals surface area contributed by atoms with E-state index in [-0.39, 0.29) is 18.2 Å². The molecule has 0 radical (unpaired) electrons. The molecular formula is C16H16FN3O2S. The predicted octanol–water partition coefficient (Wildman–Crippen LogP) is 2.83. The Morgan fingerprint density at radius 2 is 2.22 bits per heavy atom. The van der Waals surface area contributed by atoms with E-state index in [1.807, 2.05) is 0 Å². The number of thiazole rings is 1. The number of benzene rings is 1. The van der Waals surface area contributed by atoms with Gasteiger partial charge in [-0.05, 0) is 12.5 Å². The van der Waals surface area contributed by atoms with Crippen LogP contribution >= 0.6 is 11.3 Å². The zero-order chi connectivity index (χ0) is 16.4. The van der Waals surface area contributed by atoms with Crippen LogP contribution in [0.25, 0.3) is 0 Å². The molecule has 1 N–H and O–H groups in total. The van der Waals surface area contributed by atoms with E-state index in [0.717, 1.165) is 0 Å². The van der Waals surface area contributed by atoms with Crippen LogP contribution in [0, 0.1) is 11.7 Å². The number of piperidine rings is 1. The van der Waals surface area contributed by atoms with Crippen molar-refractivity contribution in [2.24, 2.45) is 5.92 Å². The van der Waals surface area contributed by atoms with Crippen LogP contribution in [0.2, 0.25) is 0 Å². The molecule has 0 unspecified atom stereocenters. The van der Waals surface area contributed by atoms with Gasteiger partial charge in [0.1, 0.15) is 5.82 Å². The SMILES string of the molecule is CN1C(=O)CC[C@@H](C(=O)Nc2nccs2)[C@H]1c1ccccc1F. The van der Waals surface area contributed by atoms with Crippen molar-refractivity contribution >= 4 is 28.3 Å². The fraction of sp³-hybridized carbons (Fsp3) is 0.312. The van der Waals surface area contributed by atoms with Gasteiger partial charge in [-0.3, -0.25) is 9.59 Å². The van der Waals surface area contributed by atoms with Gasteiger partial charge < -0.3 is 10.2 Å². The second-order valence-corrected chi connectivity index (χ2v) is 6.34. The first-order chi connectivity index (χ1) is 11.1. The second-order valence-electron chi connectivity index (χ2n) is 5.44. The number of nitrogens with one attached hydrogen (secondary N) is 1. The Bertz CT molecular complexity index is 720. The van der Waals surface area contributed by atoms with Crippen molar-refractivity contribution in [2.75, 3.05) is 12.4 Å². The Hall–Kier alpha value is -2.28. The monoisotopic (exact) mass is 333 g/mol. The lowest BCUT2D eigenvalue weighted by molar-refractivity contribution is -0.140. The van der Waals surface area contributed by atoms with Crippen LogP contribution in [0.1, 0.15) is 24.4 Å². The predicted molar refractivity (Wildman–Crippen MR) is 85.4 cm³/mol. The lowest BCUT2D eigenvalue weighted by atomic mass is 9.84. The highest BCUT2D eigenvalue weighted by Crippen LogP contribution is 2.37. The molecule has 0 spiro atoms. The molecule has 2 aromatic rings. The number of rotatable bonds is 3. The number of carbonyl (C=O) groups excluding carboxylic acids is 2. The summed E-state index contributed by atoms with van der Waals surface area (Å²) in [6, 6.07) is 5.66. The van der Waals surface area contributed by atoms with E-state index in [1.165, 1.54) is 22.3 Å². The van der Waals surface area contributed by atoms with Gasteiger partial charge in [0.05, 0.1) is 12.0 Å². The summed E-state index contributed by atoms with van der Waals surface area (Å²) in [6.45, 7) is 0. The van der Waals surface area contributed by atoms with Gasteiger partial charge >= 0.3 is 0 Å². The third-order valence-electron chi connectivity index (χ3n) is 4.08. The number of carbonyl (C=O) groups is 2. The lowest BCUT2D eigenvalue weighted by Crippen LogP contribution is -2.44. The minimum absolute atomic E-state index is 0.0865. The second kappa shape index (κ2) is 6.45. The highest BCUT2D eigenvalue weighted by molar-refractivity contribution is 7.13. The molecule has 3 rings (SSSR count). The topological polar surface area (TPSA) is 62.3 Å². The van der Waals surface area contributed by atoms with Crippen molar-refractivity contribution in [1.82, 2.24) is 9.88 Å². The number of amides is 2. The van der Waals surface area contributed by atoms with E-state index in [1.54, 1.807) is 36.8 Å². The lowest BCUT2D eigenvalue weighted by Gasteiger charge is -2.38. The minimum atomic E-state index is -0.614. The first-order valence-electron chi connectivity index (χ1n) is 7.28. The standard InChI is InChI=1S/C16H16FN3O2S/c1-20-13(21)7-6-11(15(22)19-16-18-8-9-23-16)14(20)10-4-2-3-5-12(10)17/h2-5,8-9,11,14H,6-7H2,1H3,(H,18,19,22)/t11-,14-/m1/s1. The largest absolute Gasteiger partial charge is 0.338 e. The summed E-state index contributed by atoms with van der Waals surface area (Å²) in [5.41, 5.74) is 0.363. The quantitative estimate of drug-likeness (QED) is 0.939. The Labute approximate surface area is 137 Å². The maximum atomic E-state index is 14.2. The zero-order valence-electron chi connectivity index (χ0n) is 12.5. The van der Waals surface area contributed by atoms with Gasteiger partial charge in [0.25, 0.3) is 0 Å². The number of hydrogen-bond donors (Lipinski definition) is 1. The third kappa shape index (κ3) is 3.10. The van der Waals surface area contributed by atoms with E-state index in [0.29, 0.717) is 17.1 Å². The fourth-order valence-corrected chi connectivity index (χ4v) is 3.47. The molecule has 2 heterocycles. The normalized spacial score (nSPS) is 21.3. The van der Waals surface area contributed by atoms with Gasteiger partial charge in [0, 0.05) is 30.6 Å². The molecule has 23 heavy (non-hydrogen) atoms. The minimum Gasteiger partial charge on any atom is -0.338 e. The average Bonchev–Trinajstić information content (AvgIpc) is 3.03. The molecule has 0 aliphatic carbocycles. The van der Waals surface area contributed by atoms with Crippen molar-refractivity contribution in [1.29, 1.82) is 0 Å². The molecule has 1 aliphatic heterocycles. The Morgan fingerprint density at radius 1 is 1.43 bits per heavy atom. The Morgan fingerprint density at radius 3 is 2.91 bits per heavy atom. The molecule has 1 aromatic carbocycles. The molecule has 1 saturated heterocycles. The van der Waals surface area contributed by atoms with Gasteiger partial charge in [0.15, 0.2) is 5.13 Å². The molecule has 1 aliphatic rings. The number of hydrogen-bond acceptors (Lipinski definition) is 4. The van der Waals surface area contributed by atoms with Crippen molar-refractivity contribution in [3.8, 4) is 0 Å². The van der Waals surface area contributed by atoms with E-state index < -0.39 is 17.8 Å². The molecule has 1 aromatic heterocycles. The highest BCUT2D eigenvalue weighted by atomic mass is 32.1. The summed E-state index contributed by atoms with van der Waals surface area (Å²) in [6.07, 6.45) is 2.27. The highest BCUT2D eigenvalue weighted by Gasteiger charge is 2.40. The summed E-state index contributed by atoms with van der Waals surface area (Å²) in [7, 11) is 1.61. The number of anilines is 1. The first-order valence-corrected chi connectivity index (χ1v) is 8.16. The molecule has 120 valence electrons. The van der Waals surface area contributed by atoms with Gasteiger partial charge in [-0.2, -0.15) is 0 Å². The van der Waals surface area contributed by atoms with Crippen LogP contribution in [0.5, 0.6) is 0 Å². The summed E-state index contributed by atoms with van der Waals surface area (Å²) in [5.74, 6) is -1.26. The van der Waals surface area contributed by atoms with Crippen molar-refractivity contribution in [2.45, 2.75) is 18.9 Å². The van der Waals surface area contributed by atoms with Gasteiger partial charge in [-0.25, -0.2) is 9.37 Å². The number of nitrogens with zero attached hydrogens (tertiary/aromatic N) is 2. The Balaban J connectivity index is 1.91. The maximum absolute atomic E-state index is 14.2. The molecule has 0 bridgehead atoms. The van der Waals surface area contributed by atoms with Crippen LogP contribution in [0.3, 0.4) is 0 Å². The van der Waals surface area contributed by atoms with Crippen molar-refractivity contribution < 1.29 is 14.0 Å². The number of halogens is 1. The average molecular weight is 333 g/mol. The van der Waals surface area contributed by atoms with Crippen molar-refractivity contribution in [3.05, 3.63) is 47.2 Å². The molecule has 2 atom stereocenters. The van der Waals surface area contributed by atoms with E-state index in [2.05, 4.69) is 10.3 Å². The zero-order valence-corrected chi connectivity index (χ0v) is 13.3. The molecular weight excluding hydrogens is 317 g/mol.